The van der Waals surface area contributed by atoms with Gasteiger partial charge in [-0.25, -0.2) is 0 Å². The maximum atomic E-state index is 12.4. The van der Waals surface area contributed by atoms with Gasteiger partial charge in [-0.3, -0.25) is 14.6 Å². The molecule has 6 nitrogen and oxygen atoms in total. The normalized spacial score (nSPS) is 20.1. The van der Waals surface area contributed by atoms with E-state index in [1.165, 1.54) is 0 Å². The lowest BCUT2D eigenvalue weighted by Crippen LogP contribution is -2.33. The van der Waals surface area contributed by atoms with Crippen molar-refractivity contribution in [2.45, 2.75) is 25.8 Å². The van der Waals surface area contributed by atoms with E-state index in [9.17, 15) is 9.59 Å². The average molecular weight is 364 g/mol. The third-order valence-corrected chi connectivity index (χ3v) is 5.73. The van der Waals surface area contributed by atoms with E-state index in [2.05, 4.69) is 20.9 Å². The van der Waals surface area contributed by atoms with Crippen LogP contribution >= 0.6 is 0 Å². The largest absolute Gasteiger partial charge is 0.352 e. The summed E-state index contributed by atoms with van der Waals surface area (Å²) >= 11 is 0. The second-order valence-electron chi connectivity index (χ2n) is 7.47. The van der Waals surface area contributed by atoms with Gasteiger partial charge in [0, 0.05) is 36.1 Å². The number of nitrogens with one attached hydrogen (secondary N) is 3. The van der Waals surface area contributed by atoms with Crippen molar-refractivity contribution in [3.05, 3.63) is 59.9 Å². The zero-order valence-corrected chi connectivity index (χ0v) is 15.2. The molecule has 4 rings (SSSR count). The molecular formula is C21H24N4O2. The Kier molecular flexibility index (Phi) is 4.90. The van der Waals surface area contributed by atoms with Crippen LogP contribution in [0.4, 0.5) is 5.69 Å². The van der Waals surface area contributed by atoms with Crippen LogP contribution < -0.4 is 16.0 Å². The predicted octanol–water partition coefficient (Wildman–Crippen LogP) is 2.34. The summed E-state index contributed by atoms with van der Waals surface area (Å²) in [6, 6.07) is 10.8. The number of carbonyl (C=O) groups excluding carboxylic acids is 2. The summed E-state index contributed by atoms with van der Waals surface area (Å²) in [5, 5.41) is 9.24. The minimum absolute atomic E-state index is 0.163. The second-order valence-corrected chi connectivity index (χ2v) is 7.47. The second kappa shape index (κ2) is 7.48. The molecule has 1 aromatic carbocycles. The fourth-order valence-corrected chi connectivity index (χ4v) is 3.92. The van der Waals surface area contributed by atoms with Gasteiger partial charge < -0.3 is 16.0 Å². The van der Waals surface area contributed by atoms with E-state index in [4.69, 9.17) is 0 Å². The van der Waals surface area contributed by atoms with Crippen molar-refractivity contribution < 1.29 is 9.59 Å². The van der Waals surface area contributed by atoms with Crippen LogP contribution in [0.2, 0.25) is 0 Å². The number of piperidine rings is 1. The van der Waals surface area contributed by atoms with Crippen molar-refractivity contribution >= 4 is 17.5 Å². The van der Waals surface area contributed by atoms with Crippen LogP contribution in [0.1, 0.15) is 35.2 Å². The van der Waals surface area contributed by atoms with Gasteiger partial charge in [0.15, 0.2) is 0 Å². The number of amides is 2. The summed E-state index contributed by atoms with van der Waals surface area (Å²) in [7, 11) is 0. The minimum Gasteiger partial charge on any atom is -0.352 e. The van der Waals surface area contributed by atoms with Crippen LogP contribution in [0.5, 0.6) is 0 Å². The van der Waals surface area contributed by atoms with Crippen molar-refractivity contribution in [2.24, 2.45) is 11.3 Å². The summed E-state index contributed by atoms with van der Waals surface area (Å²) in [6.07, 6.45) is 6.50. The van der Waals surface area contributed by atoms with Gasteiger partial charge in [0.25, 0.3) is 5.91 Å². The van der Waals surface area contributed by atoms with Gasteiger partial charge in [-0.05, 0) is 67.6 Å². The lowest BCUT2D eigenvalue weighted by molar-refractivity contribution is -0.123. The highest BCUT2D eigenvalue weighted by Crippen LogP contribution is 2.58. The highest BCUT2D eigenvalue weighted by atomic mass is 16.2. The van der Waals surface area contributed by atoms with E-state index in [0.717, 1.165) is 37.9 Å². The Morgan fingerprint density at radius 1 is 1.07 bits per heavy atom. The fourth-order valence-electron chi connectivity index (χ4n) is 3.92. The average Bonchev–Trinajstić information content (AvgIpc) is 3.40. The third kappa shape index (κ3) is 4.01. The molecule has 2 heterocycles. The molecule has 3 N–H and O–H groups in total. The number of rotatable bonds is 5. The Labute approximate surface area is 158 Å². The van der Waals surface area contributed by atoms with E-state index >= 15 is 0 Å². The Morgan fingerprint density at radius 2 is 1.78 bits per heavy atom. The van der Waals surface area contributed by atoms with Gasteiger partial charge in [-0.1, -0.05) is 12.1 Å². The van der Waals surface area contributed by atoms with Crippen LogP contribution in [0.25, 0.3) is 0 Å². The smallest absolute Gasteiger partial charge is 0.255 e. The van der Waals surface area contributed by atoms with Crippen molar-refractivity contribution in [1.29, 1.82) is 0 Å². The zero-order valence-electron chi connectivity index (χ0n) is 15.2. The molecule has 1 spiro atoms. The first kappa shape index (κ1) is 17.7. The van der Waals surface area contributed by atoms with Crippen molar-refractivity contribution in [3.8, 4) is 0 Å². The Morgan fingerprint density at radius 3 is 2.48 bits per heavy atom. The van der Waals surface area contributed by atoms with E-state index in [0.29, 0.717) is 17.8 Å². The van der Waals surface area contributed by atoms with E-state index in [1.54, 1.807) is 36.7 Å². The number of hydrogen-bond acceptors (Lipinski definition) is 4. The summed E-state index contributed by atoms with van der Waals surface area (Å²) in [5.74, 6) is 0.170. The van der Waals surface area contributed by atoms with Crippen LogP contribution in [0, 0.1) is 11.3 Å². The molecular weight excluding hydrogens is 340 g/mol. The van der Waals surface area contributed by atoms with Gasteiger partial charge >= 0.3 is 0 Å². The van der Waals surface area contributed by atoms with Gasteiger partial charge in [0.2, 0.25) is 5.91 Å². The summed E-state index contributed by atoms with van der Waals surface area (Å²) in [4.78, 5) is 28.6. The maximum absolute atomic E-state index is 12.4. The van der Waals surface area contributed by atoms with Crippen LogP contribution in [-0.4, -0.2) is 29.9 Å². The van der Waals surface area contributed by atoms with Crippen molar-refractivity contribution in [2.75, 3.05) is 18.4 Å². The van der Waals surface area contributed by atoms with Crippen molar-refractivity contribution in [3.63, 3.8) is 0 Å². The van der Waals surface area contributed by atoms with E-state index in [-0.39, 0.29) is 23.1 Å². The molecule has 1 unspecified atom stereocenters. The first-order chi connectivity index (χ1) is 13.2. The summed E-state index contributed by atoms with van der Waals surface area (Å²) in [6.45, 7) is 2.54. The molecule has 140 valence electrons. The number of carbonyl (C=O) groups is 2. The molecule has 2 amide bonds. The first-order valence-electron chi connectivity index (χ1n) is 9.45. The van der Waals surface area contributed by atoms with Crippen LogP contribution in [-0.2, 0) is 11.3 Å². The lowest BCUT2D eigenvalue weighted by atomic mass is 9.92. The fraction of sp³-hybridized carbons (Fsp3) is 0.381. The number of hydrogen-bond donors (Lipinski definition) is 3. The molecule has 1 saturated heterocycles. The van der Waals surface area contributed by atoms with E-state index < -0.39 is 0 Å². The van der Waals surface area contributed by atoms with Gasteiger partial charge in [0.1, 0.15) is 0 Å². The lowest BCUT2D eigenvalue weighted by Gasteiger charge is -2.23. The molecule has 1 saturated carbocycles. The number of pyridine rings is 1. The minimum atomic E-state index is -0.164. The van der Waals surface area contributed by atoms with Crippen LogP contribution in [0.15, 0.2) is 48.8 Å². The molecule has 2 aliphatic rings. The zero-order chi connectivity index (χ0) is 18.7. The van der Waals surface area contributed by atoms with Gasteiger partial charge in [-0.2, -0.15) is 0 Å². The highest BCUT2D eigenvalue weighted by Gasteiger charge is 2.57. The summed E-state index contributed by atoms with van der Waals surface area (Å²) < 4.78 is 0. The van der Waals surface area contributed by atoms with Crippen LogP contribution in [0.3, 0.4) is 0 Å². The van der Waals surface area contributed by atoms with Gasteiger partial charge in [0.05, 0.1) is 0 Å². The molecule has 2 fully saturated rings. The molecule has 1 aliphatic carbocycles. The third-order valence-electron chi connectivity index (χ3n) is 5.73. The SMILES string of the molecule is O=C(Nc1ccncc1)c1ccc(CNC(=O)C2CC23CCNCC3)cc1. The molecule has 1 aromatic heterocycles. The molecule has 2 aromatic rings. The maximum Gasteiger partial charge on any atom is 0.255 e. The molecule has 27 heavy (non-hydrogen) atoms. The number of anilines is 1. The van der Waals surface area contributed by atoms with Gasteiger partial charge in [-0.15, -0.1) is 0 Å². The number of nitrogens with zero attached hydrogens (tertiary/aromatic N) is 1. The Bertz CT molecular complexity index is 814. The summed E-state index contributed by atoms with van der Waals surface area (Å²) in [5.41, 5.74) is 2.54. The highest BCUT2D eigenvalue weighted by molar-refractivity contribution is 6.04. The molecule has 0 bridgehead atoms. The Hall–Kier alpha value is -2.73. The van der Waals surface area contributed by atoms with Crippen molar-refractivity contribution in [1.82, 2.24) is 15.6 Å². The molecule has 1 atom stereocenters. The first-order valence-corrected chi connectivity index (χ1v) is 9.45. The monoisotopic (exact) mass is 364 g/mol. The topological polar surface area (TPSA) is 83.1 Å². The molecule has 1 aliphatic heterocycles. The number of aromatic nitrogens is 1. The Balaban J connectivity index is 1.28. The standard InChI is InChI=1S/C21H24N4O2/c26-19(25-17-5-9-22-10-6-17)16-3-1-15(2-4-16)14-24-20(27)18-13-21(18)7-11-23-12-8-21/h1-6,9-10,18,23H,7-8,11-14H2,(H,24,27)(H,22,25,26). The quantitative estimate of drug-likeness (QED) is 0.760. The van der Waals surface area contributed by atoms with E-state index in [1.807, 2.05) is 12.1 Å². The number of benzene rings is 1. The molecule has 6 heteroatoms. The predicted molar refractivity (Wildman–Crippen MR) is 103 cm³/mol. The molecule has 0 radical (unpaired) electrons.